The highest BCUT2D eigenvalue weighted by atomic mass is 32.2. The Balaban J connectivity index is 1.52. The SMILES string of the molecule is O=C(C=Cc1ccccc1)N1CCCN(C2CCSCC2)CC1. The molecule has 0 N–H and O–H groups in total. The van der Waals surface area contributed by atoms with Gasteiger partial charge in [-0.3, -0.25) is 9.69 Å². The molecule has 0 spiro atoms. The lowest BCUT2D eigenvalue weighted by Gasteiger charge is -2.33. The number of hydrogen-bond acceptors (Lipinski definition) is 3. The van der Waals surface area contributed by atoms with Crippen LogP contribution in [0.3, 0.4) is 0 Å². The van der Waals surface area contributed by atoms with Crippen molar-refractivity contribution in [3.63, 3.8) is 0 Å². The van der Waals surface area contributed by atoms with Gasteiger partial charge in [-0.15, -0.1) is 0 Å². The van der Waals surface area contributed by atoms with Crippen LogP contribution in [0.5, 0.6) is 0 Å². The maximum absolute atomic E-state index is 12.4. The van der Waals surface area contributed by atoms with E-state index >= 15 is 0 Å². The Bertz CT molecular complexity index is 525. The Morgan fingerprint density at radius 2 is 1.83 bits per heavy atom. The molecule has 0 unspecified atom stereocenters. The zero-order valence-electron chi connectivity index (χ0n) is 13.7. The number of amides is 1. The molecular weight excluding hydrogens is 304 g/mol. The maximum Gasteiger partial charge on any atom is 0.246 e. The molecule has 0 radical (unpaired) electrons. The van der Waals surface area contributed by atoms with E-state index in [0.717, 1.165) is 44.2 Å². The van der Waals surface area contributed by atoms with Crippen LogP contribution >= 0.6 is 11.8 Å². The van der Waals surface area contributed by atoms with E-state index in [2.05, 4.69) is 16.7 Å². The van der Waals surface area contributed by atoms with Crippen molar-refractivity contribution in [2.24, 2.45) is 0 Å². The second kappa shape index (κ2) is 8.55. The predicted molar refractivity (Wildman–Crippen MR) is 98.6 cm³/mol. The number of hydrogen-bond donors (Lipinski definition) is 0. The Morgan fingerprint density at radius 1 is 1.04 bits per heavy atom. The molecule has 4 heteroatoms. The molecule has 0 saturated carbocycles. The molecule has 0 bridgehead atoms. The van der Waals surface area contributed by atoms with E-state index in [0.29, 0.717) is 0 Å². The average molecular weight is 330 g/mol. The van der Waals surface area contributed by atoms with Crippen molar-refractivity contribution in [1.82, 2.24) is 9.80 Å². The van der Waals surface area contributed by atoms with Gasteiger partial charge in [-0.1, -0.05) is 30.3 Å². The highest BCUT2D eigenvalue weighted by Gasteiger charge is 2.24. The van der Waals surface area contributed by atoms with E-state index in [1.165, 1.54) is 24.3 Å². The van der Waals surface area contributed by atoms with Crippen LogP contribution in [-0.2, 0) is 4.79 Å². The summed E-state index contributed by atoms with van der Waals surface area (Å²) >= 11 is 2.08. The molecule has 0 aromatic heterocycles. The lowest BCUT2D eigenvalue weighted by Crippen LogP contribution is -2.41. The minimum atomic E-state index is 0.148. The molecule has 2 saturated heterocycles. The van der Waals surface area contributed by atoms with Gasteiger partial charge in [-0.05, 0) is 42.4 Å². The molecule has 0 atom stereocenters. The van der Waals surface area contributed by atoms with Crippen LogP contribution in [-0.4, -0.2) is 59.4 Å². The third-order valence-corrected chi connectivity index (χ3v) is 5.82. The fourth-order valence-corrected chi connectivity index (χ4v) is 4.49. The first kappa shape index (κ1) is 16.6. The molecule has 2 aliphatic rings. The summed E-state index contributed by atoms with van der Waals surface area (Å²) in [6.45, 7) is 3.92. The highest BCUT2D eigenvalue weighted by molar-refractivity contribution is 7.99. The van der Waals surface area contributed by atoms with Crippen molar-refractivity contribution in [3.8, 4) is 0 Å². The quantitative estimate of drug-likeness (QED) is 0.796. The summed E-state index contributed by atoms with van der Waals surface area (Å²) < 4.78 is 0. The number of rotatable bonds is 3. The molecule has 2 heterocycles. The van der Waals surface area contributed by atoms with Crippen LogP contribution in [0.15, 0.2) is 36.4 Å². The van der Waals surface area contributed by atoms with Crippen molar-refractivity contribution in [1.29, 1.82) is 0 Å². The van der Waals surface area contributed by atoms with Crippen LogP contribution in [0.4, 0.5) is 0 Å². The van der Waals surface area contributed by atoms with Crippen LogP contribution in [0, 0.1) is 0 Å². The van der Waals surface area contributed by atoms with Gasteiger partial charge in [0.25, 0.3) is 0 Å². The van der Waals surface area contributed by atoms with Crippen molar-refractivity contribution in [2.75, 3.05) is 37.7 Å². The van der Waals surface area contributed by atoms with Crippen molar-refractivity contribution >= 4 is 23.7 Å². The van der Waals surface area contributed by atoms with E-state index in [1.54, 1.807) is 6.08 Å². The van der Waals surface area contributed by atoms with Crippen molar-refractivity contribution in [2.45, 2.75) is 25.3 Å². The summed E-state index contributed by atoms with van der Waals surface area (Å²) in [5.41, 5.74) is 1.08. The number of carbonyl (C=O) groups excluding carboxylic acids is 1. The maximum atomic E-state index is 12.4. The van der Waals surface area contributed by atoms with Gasteiger partial charge >= 0.3 is 0 Å². The lowest BCUT2D eigenvalue weighted by atomic mass is 10.1. The van der Waals surface area contributed by atoms with Gasteiger partial charge in [-0.25, -0.2) is 0 Å². The summed E-state index contributed by atoms with van der Waals surface area (Å²) in [4.78, 5) is 17.1. The largest absolute Gasteiger partial charge is 0.338 e. The van der Waals surface area contributed by atoms with E-state index in [1.807, 2.05) is 41.3 Å². The van der Waals surface area contributed by atoms with Gasteiger partial charge in [0, 0.05) is 38.3 Å². The Morgan fingerprint density at radius 3 is 2.61 bits per heavy atom. The topological polar surface area (TPSA) is 23.6 Å². The molecule has 0 aliphatic carbocycles. The normalized spacial score (nSPS) is 21.5. The van der Waals surface area contributed by atoms with E-state index < -0.39 is 0 Å². The zero-order valence-corrected chi connectivity index (χ0v) is 14.5. The van der Waals surface area contributed by atoms with E-state index in [9.17, 15) is 4.79 Å². The Labute approximate surface area is 143 Å². The van der Waals surface area contributed by atoms with Crippen LogP contribution in [0.2, 0.25) is 0 Å². The third-order valence-electron chi connectivity index (χ3n) is 4.77. The predicted octanol–water partition coefficient (Wildman–Crippen LogP) is 3.13. The first-order valence-electron chi connectivity index (χ1n) is 8.67. The van der Waals surface area contributed by atoms with Gasteiger partial charge < -0.3 is 4.90 Å². The van der Waals surface area contributed by atoms with Crippen molar-refractivity contribution in [3.05, 3.63) is 42.0 Å². The van der Waals surface area contributed by atoms with Crippen molar-refractivity contribution < 1.29 is 4.79 Å². The number of thioether (sulfide) groups is 1. The molecule has 2 fully saturated rings. The molecule has 1 aromatic carbocycles. The van der Waals surface area contributed by atoms with Gasteiger partial charge in [0.05, 0.1) is 0 Å². The van der Waals surface area contributed by atoms with Gasteiger partial charge in [0.15, 0.2) is 0 Å². The fourth-order valence-electron chi connectivity index (χ4n) is 3.41. The molecule has 2 aliphatic heterocycles. The summed E-state index contributed by atoms with van der Waals surface area (Å²) in [5.74, 6) is 2.74. The van der Waals surface area contributed by atoms with Gasteiger partial charge in [0.1, 0.15) is 0 Å². The molecule has 124 valence electrons. The lowest BCUT2D eigenvalue weighted by molar-refractivity contribution is -0.125. The first-order valence-corrected chi connectivity index (χ1v) is 9.82. The molecular formula is C19H26N2OS. The Hall–Kier alpha value is -1.26. The van der Waals surface area contributed by atoms with Gasteiger partial charge in [-0.2, -0.15) is 11.8 Å². The molecule has 23 heavy (non-hydrogen) atoms. The average Bonchev–Trinajstić information content (AvgIpc) is 2.87. The highest BCUT2D eigenvalue weighted by Crippen LogP contribution is 2.22. The molecule has 3 nitrogen and oxygen atoms in total. The first-order chi connectivity index (χ1) is 11.3. The van der Waals surface area contributed by atoms with Crippen LogP contribution in [0.25, 0.3) is 6.08 Å². The molecule has 1 aromatic rings. The smallest absolute Gasteiger partial charge is 0.246 e. The second-order valence-corrected chi connectivity index (χ2v) is 7.53. The fraction of sp³-hybridized carbons (Fsp3) is 0.526. The molecule has 3 rings (SSSR count). The van der Waals surface area contributed by atoms with Crippen LogP contribution < -0.4 is 0 Å². The third kappa shape index (κ3) is 4.85. The van der Waals surface area contributed by atoms with Crippen LogP contribution in [0.1, 0.15) is 24.8 Å². The summed E-state index contributed by atoms with van der Waals surface area (Å²) in [6.07, 6.45) is 7.36. The zero-order chi connectivity index (χ0) is 15.9. The van der Waals surface area contributed by atoms with E-state index in [4.69, 9.17) is 0 Å². The number of benzene rings is 1. The number of nitrogens with zero attached hydrogens (tertiary/aromatic N) is 2. The summed E-state index contributed by atoms with van der Waals surface area (Å²) in [5, 5.41) is 0. The minimum Gasteiger partial charge on any atom is -0.338 e. The standard InChI is InChI=1S/C19H26N2OS/c22-19(8-7-17-5-2-1-3-6-17)21-12-4-11-20(13-14-21)18-9-15-23-16-10-18/h1-3,5-8,18H,4,9-16H2. The number of carbonyl (C=O) groups is 1. The van der Waals surface area contributed by atoms with E-state index in [-0.39, 0.29) is 5.91 Å². The minimum absolute atomic E-state index is 0.148. The van der Waals surface area contributed by atoms with Gasteiger partial charge in [0.2, 0.25) is 5.91 Å². The summed E-state index contributed by atoms with van der Waals surface area (Å²) in [7, 11) is 0. The monoisotopic (exact) mass is 330 g/mol. The summed E-state index contributed by atoms with van der Waals surface area (Å²) in [6, 6.07) is 10.8. The Kier molecular flexibility index (Phi) is 6.17. The second-order valence-electron chi connectivity index (χ2n) is 6.30. The molecule has 1 amide bonds.